The highest BCUT2D eigenvalue weighted by molar-refractivity contribution is 5.35. The first-order valence-corrected chi connectivity index (χ1v) is 8.03. The maximum atomic E-state index is 4.48. The number of hydrogen-bond donors (Lipinski definition) is 1. The molecule has 1 saturated carbocycles. The van der Waals surface area contributed by atoms with Gasteiger partial charge in [0.25, 0.3) is 0 Å². The second-order valence-electron chi connectivity index (χ2n) is 6.38. The molecule has 1 heterocycles. The van der Waals surface area contributed by atoms with Crippen LogP contribution in [-0.4, -0.2) is 16.1 Å². The lowest BCUT2D eigenvalue weighted by Crippen LogP contribution is -2.22. The maximum absolute atomic E-state index is 4.48. The Morgan fingerprint density at radius 3 is 2.76 bits per heavy atom. The Bertz CT molecular complexity index is 573. The lowest BCUT2D eigenvalue weighted by atomic mass is 10.1. The van der Waals surface area contributed by atoms with Gasteiger partial charge in [0, 0.05) is 12.2 Å². The van der Waals surface area contributed by atoms with Crippen LogP contribution in [0.2, 0.25) is 0 Å². The van der Waals surface area contributed by atoms with E-state index in [4.69, 9.17) is 0 Å². The molecular weight excluding hydrogens is 258 g/mol. The van der Waals surface area contributed by atoms with Crippen molar-refractivity contribution >= 4 is 0 Å². The highest BCUT2D eigenvalue weighted by Gasteiger charge is 2.20. The van der Waals surface area contributed by atoms with Crippen LogP contribution in [0.5, 0.6) is 0 Å². The molecule has 0 amide bonds. The number of para-hydroxylation sites is 1. The highest BCUT2D eigenvalue weighted by Crippen LogP contribution is 2.29. The standard InChI is InChI=1S/C18H25N3/c1-14-8-9-16(10-14)11-19-12-18-13-20-15(2)21(18)17-6-4-3-5-7-17/h3-7,13-14,16,19H,8-12H2,1-2H3. The first kappa shape index (κ1) is 14.3. The lowest BCUT2D eigenvalue weighted by molar-refractivity contribution is 0.467. The van der Waals surface area contributed by atoms with E-state index in [0.29, 0.717) is 0 Å². The summed E-state index contributed by atoms with van der Waals surface area (Å²) in [6.07, 6.45) is 6.15. The summed E-state index contributed by atoms with van der Waals surface area (Å²) in [5, 5.41) is 3.63. The van der Waals surface area contributed by atoms with Gasteiger partial charge in [0.1, 0.15) is 5.82 Å². The third-order valence-corrected chi connectivity index (χ3v) is 4.57. The molecule has 21 heavy (non-hydrogen) atoms. The van der Waals surface area contributed by atoms with Crippen molar-refractivity contribution in [1.82, 2.24) is 14.9 Å². The first-order valence-electron chi connectivity index (χ1n) is 8.03. The van der Waals surface area contributed by atoms with E-state index in [-0.39, 0.29) is 0 Å². The Morgan fingerprint density at radius 2 is 2.05 bits per heavy atom. The van der Waals surface area contributed by atoms with Crippen molar-refractivity contribution in [2.45, 2.75) is 39.7 Å². The van der Waals surface area contributed by atoms with Gasteiger partial charge in [-0.15, -0.1) is 0 Å². The smallest absolute Gasteiger partial charge is 0.110 e. The number of nitrogens with one attached hydrogen (secondary N) is 1. The molecule has 1 fully saturated rings. The Kier molecular flexibility index (Phi) is 4.39. The summed E-state index contributed by atoms with van der Waals surface area (Å²) in [6, 6.07) is 10.5. The van der Waals surface area contributed by atoms with Crippen LogP contribution in [-0.2, 0) is 6.54 Å². The van der Waals surface area contributed by atoms with E-state index < -0.39 is 0 Å². The maximum Gasteiger partial charge on any atom is 0.110 e. The fraction of sp³-hybridized carbons (Fsp3) is 0.500. The van der Waals surface area contributed by atoms with E-state index in [1.54, 1.807) is 0 Å². The molecule has 1 aliphatic carbocycles. The molecular formula is C18H25N3. The molecule has 0 saturated heterocycles. The molecule has 3 heteroatoms. The average Bonchev–Trinajstić information content (AvgIpc) is 3.06. The Hall–Kier alpha value is -1.61. The summed E-state index contributed by atoms with van der Waals surface area (Å²) >= 11 is 0. The Morgan fingerprint density at radius 1 is 1.24 bits per heavy atom. The van der Waals surface area contributed by atoms with E-state index >= 15 is 0 Å². The molecule has 112 valence electrons. The van der Waals surface area contributed by atoms with Crippen molar-refractivity contribution in [1.29, 1.82) is 0 Å². The molecule has 2 atom stereocenters. The zero-order valence-corrected chi connectivity index (χ0v) is 13.0. The number of nitrogens with zero attached hydrogens (tertiary/aromatic N) is 2. The molecule has 0 aliphatic heterocycles. The minimum absolute atomic E-state index is 0.856. The molecule has 1 aliphatic rings. The van der Waals surface area contributed by atoms with Crippen LogP contribution in [0, 0.1) is 18.8 Å². The number of aryl methyl sites for hydroxylation is 1. The summed E-state index contributed by atoms with van der Waals surface area (Å²) in [5.74, 6) is 2.82. The van der Waals surface area contributed by atoms with E-state index in [9.17, 15) is 0 Å². The monoisotopic (exact) mass is 283 g/mol. The fourth-order valence-corrected chi connectivity index (χ4v) is 3.46. The van der Waals surface area contributed by atoms with E-state index in [1.165, 1.54) is 30.6 Å². The van der Waals surface area contributed by atoms with Crippen LogP contribution in [0.15, 0.2) is 36.5 Å². The van der Waals surface area contributed by atoms with Gasteiger partial charge in [0.2, 0.25) is 0 Å². The second-order valence-corrected chi connectivity index (χ2v) is 6.38. The molecule has 1 N–H and O–H groups in total. The Balaban J connectivity index is 1.64. The van der Waals surface area contributed by atoms with E-state index in [1.807, 2.05) is 6.20 Å². The van der Waals surface area contributed by atoms with Gasteiger partial charge in [-0.2, -0.15) is 0 Å². The van der Waals surface area contributed by atoms with Crippen LogP contribution in [0.3, 0.4) is 0 Å². The summed E-state index contributed by atoms with van der Waals surface area (Å²) in [4.78, 5) is 4.48. The highest BCUT2D eigenvalue weighted by atomic mass is 15.1. The lowest BCUT2D eigenvalue weighted by Gasteiger charge is -2.13. The largest absolute Gasteiger partial charge is 0.311 e. The number of hydrogen-bond acceptors (Lipinski definition) is 2. The SMILES string of the molecule is Cc1ncc(CNCC2CCC(C)C2)n1-c1ccccc1. The normalized spacial score (nSPS) is 21.8. The first-order chi connectivity index (χ1) is 10.2. The van der Waals surface area contributed by atoms with Crippen LogP contribution in [0.1, 0.15) is 37.7 Å². The van der Waals surface area contributed by atoms with Gasteiger partial charge in [0.15, 0.2) is 0 Å². The minimum Gasteiger partial charge on any atom is -0.311 e. The molecule has 1 aromatic carbocycles. The van der Waals surface area contributed by atoms with Crippen molar-refractivity contribution in [2.75, 3.05) is 6.54 Å². The van der Waals surface area contributed by atoms with Crippen molar-refractivity contribution < 1.29 is 0 Å². The van der Waals surface area contributed by atoms with Crippen molar-refractivity contribution in [3.05, 3.63) is 48.0 Å². The van der Waals surface area contributed by atoms with Gasteiger partial charge < -0.3 is 5.32 Å². The van der Waals surface area contributed by atoms with Gasteiger partial charge in [-0.05, 0) is 50.3 Å². The van der Waals surface area contributed by atoms with Crippen molar-refractivity contribution in [3.63, 3.8) is 0 Å². The average molecular weight is 283 g/mol. The van der Waals surface area contributed by atoms with Crippen LogP contribution in [0.4, 0.5) is 0 Å². The summed E-state index contributed by atoms with van der Waals surface area (Å²) in [5.41, 5.74) is 2.43. The van der Waals surface area contributed by atoms with Crippen LogP contribution < -0.4 is 5.32 Å². The molecule has 0 radical (unpaired) electrons. The molecule has 3 nitrogen and oxygen atoms in total. The van der Waals surface area contributed by atoms with Gasteiger partial charge in [-0.3, -0.25) is 4.57 Å². The van der Waals surface area contributed by atoms with Gasteiger partial charge in [-0.25, -0.2) is 4.98 Å². The fourth-order valence-electron chi connectivity index (χ4n) is 3.46. The number of benzene rings is 1. The predicted molar refractivity (Wildman–Crippen MR) is 86.5 cm³/mol. The molecule has 3 rings (SSSR count). The van der Waals surface area contributed by atoms with Gasteiger partial charge in [0.05, 0.1) is 11.9 Å². The van der Waals surface area contributed by atoms with Crippen LogP contribution in [0.25, 0.3) is 5.69 Å². The number of rotatable bonds is 5. The third-order valence-electron chi connectivity index (χ3n) is 4.57. The van der Waals surface area contributed by atoms with Crippen LogP contribution >= 0.6 is 0 Å². The number of aromatic nitrogens is 2. The zero-order valence-electron chi connectivity index (χ0n) is 13.0. The quantitative estimate of drug-likeness (QED) is 0.906. The molecule has 0 spiro atoms. The van der Waals surface area contributed by atoms with Gasteiger partial charge in [-0.1, -0.05) is 31.5 Å². The third kappa shape index (κ3) is 3.35. The van der Waals surface area contributed by atoms with Gasteiger partial charge >= 0.3 is 0 Å². The van der Waals surface area contributed by atoms with E-state index in [2.05, 4.69) is 59.0 Å². The summed E-state index contributed by atoms with van der Waals surface area (Å²) in [6.45, 7) is 6.45. The van der Waals surface area contributed by atoms with E-state index in [0.717, 1.165) is 30.7 Å². The topological polar surface area (TPSA) is 29.9 Å². The molecule has 1 aromatic heterocycles. The number of imidazole rings is 1. The predicted octanol–water partition coefficient (Wildman–Crippen LogP) is 3.71. The Labute approximate surface area is 127 Å². The van der Waals surface area contributed by atoms with Crippen molar-refractivity contribution in [2.24, 2.45) is 11.8 Å². The zero-order chi connectivity index (χ0) is 14.7. The molecule has 0 bridgehead atoms. The molecule has 2 aromatic rings. The minimum atomic E-state index is 0.856. The second kappa shape index (κ2) is 6.44. The van der Waals surface area contributed by atoms with Crippen molar-refractivity contribution in [3.8, 4) is 5.69 Å². The molecule has 2 unspecified atom stereocenters. The summed E-state index contributed by atoms with van der Waals surface area (Å²) < 4.78 is 2.24. The summed E-state index contributed by atoms with van der Waals surface area (Å²) in [7, 11) is 0.